The fraction of sp³-hybridized carbons (Fsp3) is 0.714. The first-order chi connectivity index (χ1) is 11.4. The molecule has 3 heterocycles. The van der Waals surface area contributed by atoms with Gasteiger partial charge in [0.05, 0.1) is 38.2 Å². The van der Waals surface area contributed by atoms with Gasteiger partial charge in [0.15, 0.2) is 5.69 Å². The number of carbonyl (C=O) groups excluding carboxylic acids is 1. The summed E-state index contributed by atoms with van der Waals surface area (Å²) in [5, 5.41) is 9.81. The van der Waals surface area contributed by atoms with Crippen LogP contribution in [0.3, 0.4) is 0 Å². The van der Waals surface area contributed by atoms with Gasteiger partial charge in [0.25, 0.3) is 5.91 Å². The number of sulfonamides is 1. The third kappa shape index (κ3) is 3.46. The highest BCUT2D eigenvalue weighted by Crippen LogP contribution is 2.20. The van der Waals surface area contributed by atoms with E-state index in [0.29, 0.717) is 38.5 Å². The lowest BCUT2D eigenvalue weighted by Crippen LogP contribution is -2.44. The average molecular weight is 358 g/mol. The zero-order chi connectivity index (χ0) is 17.3. The number of aromatic nitrogens is 2. The minimum atomic E-state index is -3.36. The van der Waals surface area contributed by atoms with Crippen LogP contribution < -0.4 is 5.32 Å². The van der Waals surface area contributed by atoms with Crippen molar-refractivity contribution in [2.75, 3.05) is 39.7 Å². The normalized spacial score (nSPS) is 24.1. The summed E-state index contributed by atoms with van der Waals surface area (Å²) in [7, 11) is -0.369. The van der Waals surface area contributed by atoms with E-state index in [1.165, 1.54) is 18.4 Å². The van der Waals surface area contributed by atoms with Crippen molar-refractivity contribution in [3.8, 4) is 0 Å². The Bertz CT molecular complexity index is 715. The third-order valence-electron chi connectivity index (χ3n) is 4.41. The minimum absolute atomic E-state index is 0.0628. The van der Waals surface area contributed by atoms with E-state index in [0.717, 1.165) is 11.3 Å². The summed E-state index contributed by atoms with van der Waals surface area (Å²) in [6.07, 6.45) is 0.700. The Morgan fingerprint density at radius 3 is 2.92 bits per heavy atom. The van der Waals surface area contributed by atoms with Crippen LogP contribution in [0.1, 0.15) is 21.7 Å². The first-order valence-corrected chi connectivity index (χ1v) is 9.42. The summed E-state index contributed by atoms with van der Waals surface area (Å²) >= 11 is 0. The maximum absolute atomic E-state index is 12.5. The maximum Gasteiger partial charge on any atom is 0.272 e. The number of fused-ring (bicyclic) bond motifs is 1. The molecule has 0 bridgehead atoms. The summed E-state index contributed by atoms with van der Waals surface area (Å²) < 4.78 is 36.1. The molecule has 10 heteroatoms. The quantitative estimate of drug-likeness (QED) is 0.707. The van der Waals surface area contributed by atoms with Crippen molar-refractivity contribution in [3.63, 3.8) is 0 Å². The van der Waals surface area contributed by atoms with E-state index in [4.69, 9.17) is 9.47 Å². The lowest BCUT2D eigenvalue weighted by molar-refractivity contribution is 0.0900. The molecule has 1 saturated heterocycles. The first-order valence-electron chi connectivity index (χ1n) is 7.81. The van der Waals surface area contributed by atoms with Crippen LogP contribution in [-0.4, -0.2) is 74.5 Å². The number of nitrogens with zero attached hydrogens (tertiary/aromatic N) is 2. The van der Waals surface area contributed by atoms with Crippen LogP contribution in [0.25, 0.3) is 0 Å². The van der Waals surface area contributed by atoms with Gasteiger partial charge in [0.1, 0.15) is 0 Å². The lowest BCUT2D eigenvalue weighted by atomic mass is 10.1. The topological polar surface area (TPSA) is 114 Å². The summed E-state index contributed by atoms with van der Waals surface area (Å²) in [5.74, 6) is -0.680. The second kappa shape index (κ2) is 6.79. The van der Waals surface area contributed by atoms with E-state index >= 15 is 0 Å². The van der Waals surface area contributed by atoms with Crippen LogP contribution in [0.4, 0.5) is 0 Å². The van der Waals surface area contributed by atoms with E-state index in [-0.39, 0.29) is 23.6 Å². The summed E-state index contributed by atoms with van der Waals surface area (Å²) in [6, 6.07) is -0.357. The van der Waals surface area contributed by atoms with Crippen LogP contribution >= 0.6 is 0 Å². The van der Waals surface area contributed by atoms with Gasteiger partial charge in [-0.2, -0.15) is 5.10 Å². The molecule has 0 unspecified atom stereocenters. The minimum Gasteiger partial charge on any atom is -0.379 e. The molecule has 1 fully saturated rings. The molecule has 9 nitrogen and oxygen atoms in total. The Morgan fingerprint density at radius 1 is 1.38 bits per heavy atom. The second-order valence-corrected chi connectivity index (χ2v) is 8.50. The SMILES string of the molecule is CN(C)S(=O)(=O)C[C@@H]1COC[C@H]1NC(=O)c1n[nH]c2c1COCC2. The molecule has 134 valence electrons. The summed E-state index contributed by atoms with van der Waals surface area (Å²) in [4.78, 5) is 12.5. The Morgan fingerprint density at radius 2 is 2.17 bits per heavy atom. The van der Waals surface area contributed by atoms with Gasteiger partial charge < -0.3 is 14.8 Å². The fourth-order valence-electron chi connectivity index (χ4n) is 2.88. The Hall–Kier alpha value is -1.49. The number of H-pyrrole nitrogens is 1. The number of hydrogen-bond acceptors (Lipinski definition) is 6. The molecular formula is C14H22N4O5S. The molecule has 0 aromatic carbocycles. The van der Waals surface area contributed by atoms with Crippen molar-refractivity contribution in [3.05, 3.63) is 17.0 Å². The monoisotopic (exact) mass is 358 g/mol. The highest BCUT2D eigenvalue weighted by atomic mass is 32.2. The molecule has 2 N–H and O–H groups in total. The molecule has 0 saturated carbocycles. The molecule has 2 aliphatic rings. The first kappa shape index (κ1) is 17.3. The smallest absolute Gasteiger partial charge is 0.272 e. The van der Waals surface area contributed by atoms with E-state index < -0.39 is 10.0 Å². The molecule has 0 radical (unpaired) electrons. The van der Waals surface area contributed by atoms with E-state index in [2.05, 4.69) is 15.5 Å². The Labute approximate surface area is 140 Å². The molecule has 2 atom stereocenters. The van der Waals surface area contributed by atoms with Crippen molar-refractivity contribution in [1.82, 2.24) is 19.8 Å². The maximum atomic E-state index is 12.5. The number of ether oxygens (including phenoxy) is 2. The Balaban J connectivity index is 1.68. The lowest BCUT2D eigenvalue weighted by Gasteiger charge is -2.21. The predicted molar refractivity (Wildman–Crippen MR) is 85.0 cm³/mol. The van der Waals surface area contributed by atoms with Crippen molar-refractivity contribution < 1.29 is 22.7 Å². The van der Waals surface area contributed by atoms with E-state index in [1.54, 1.807) is 0 Å². The molecular weight excluding hydrogens is 336 g/mol. The largest absolute Gasteiger partial charge is 0.379 e. The third-order valence-corrected chi connectivity index (χ3v) is 6.37. The second-order valence-electron chi connectivity index (χ2n) is 6.27. The molecule has 2 aliphatic heterocycles. The van der Waals surface area contributed by atoms with Gasteiger partial charge in [-0.1, -0.05) is 0 Å². The van der Waals surface area contributed by atoms with E-state index in [9.17, 15) is 13.2 Å². The molecule has 1 amide bonds. The van der Waals surface area contributed by atoms with Crippen LogP contribution in [0.2, 0.25) is 0 Å². The molecule has 3 rings (SSSR count). The number of amides is 1. The number of rotatable bonds is 5. The van der Waals surface area contributed by atoms with E-state index in [1.807, 2.05) is 0 Å². The average Bonchev–Trinajstić information content (AvgIpc) is 3.13. The number of aromatic amines is 1. The van der Waals surface area contributed by atoms with Crippen molar-refractivity contribution in [2.45, 2.75) is 19.1 Å². The molecule has 1 aromatic rings. The van der Waals surface area contributed by atoms with Gasteiger partial charge in [0.2, 0.25) is 10.0 Å². The van der Waals surface area contributed by atoms with Crippen molar-refractivity contribution >= 4 is 15.9 Å². The van der Waals surface area contributed by atoms with Gasteiger partial charge in [-0.3, -0.25) is 9.89 Å². The molecule has 1 aromatic heterocycles. The van der Waals surface area contributed by atoms with Crippen LogP contribution in [0, 0.1) is 5.92 Å². The van der Waals surface area contributed by atoms with Crippen molar-refractivity contribution in [1.29, 1.82) is 0 Å². The van der Waals surface area contributed by atoms with Gasteiger partial charge in [0, 0.05) is 37.7 Å². The van der Waals surface area contributed by atoms with Crippen LogP contribution in [0.5, 0.6) is 0 Å². The summed E-state index contributed by atoms with van der Waals surface area (Å²) in [5.41, 5.74) is 2.00. The van der Waals surface area contributed by atoms with Gasteiger partial charge in [-0.15, -0.1) is 0 Å². The van der Waals surface area contributed by atoms with Gasteiger partial charge in [-0.25, -0.2) is 12.7 Å². The number of hydrogen-bond donors (Lipinski definition) is 2. The molecule has 0 spiro atoms. The molecule has 0 aliphatic carbocycles. The zero-order valence-corrected chi connectivity index (χ0v) is 14.6. The van der Waals surface area contributed by atoms with Crippen LogP contribution in [0.15, 0.2) is 0 Å². The number of carbonyl (C=O) groups is 1. The highest BCUT2D eigenvalue weighted by molar-refractivity contribution is 7.89. The molecule has 24 heavy (non-hydrogen) atoms. The fourth-order valence-corrected chi connectivity index (χ4v) is 4.05. The summed E-state index contributed by atoms with van der Waals surface area (Å²) in [6.45, 7) is 1.56. The van der Waals surface area contributed by atoms with Gasteiger partial charge >= 0.3 is 0 Å². The van der Waals surface area contributed by atoms with Crippen LogP contribution in [-0.2, 0) is 32.5 Å². The standard InChI is InChI=1S/C14H22N4O5S/c1-18(2)24(20,21)8-9-5-23-7-12(9)15-14(19)13-10-6-22-4-3-11(10)16-17-13/h9,12H,3-8H2,1-2H3,(H,15,19)(H,16,17)/t9-,12+/m0/s1. The van der Waals surface area contributed by atoms with Gasteiger partial charge in [-0.05, 0) is 0 Å². The number of nitrogens with one attached hydrogen (secondary N) is 2. The zero-order valence-electron chi connectivity index (χ0n) is 13.7. The predicted octanol–water partition coefficient (Wildman–Crippen LogP) is -0.881. The Kier molecular flexibility index (Phi) is 4.90. The highest BCUT2D eigenvalue weighted by Gasteiger charge is 2.35. The van der Waals surface area contributed by atoms with Crippen molar-refractivity contribution in [2.24, 2.45) is 5.92 Å².